The molecule has 2 heterocycles. The van der Waals surface area contributed by atoms with Crippen LogP contribution in [0.1, 0.15) is 24.0 Å². The Labute approximate surface area is 122 Å². The maximum Gasteiger partial charge on any atom is 0.175 e. The zero-order valence-corrected chi connectivity index (χ0v) is 12.7. The standard InChI is InChI=1S/C14H15NO3S2/c1-20(16,17)11-5-2-4-10(8-11)12-9-19-14(15-12)13-6-3-7-18-13/h2,4-5,8-9,13H,3,6-7H2,1H3. The van der Waals surface area contributed by atoms with Crippen LogP contribution in [0.5, 0.6) is 0 Å². The highest BCUT2D eigenvalue weighted by atomic mass is 32.2. The van der Waals surface area contributed by atoms with Crippen molar-refractivity contribution in [2.45, 2.75) is 23.8 Å². The molecule has 1 aromatic carbocycles. The summed E-state index contributed by atoms with van der Waals surface area (Å²) in [5.74, 6) is 0. The van der Waals surface area contributed by atoms with E-state index in [0.29, 0.717) is 4.90 Å². The van der Waals surface area contributed by atoms with E-state index >= 15 is 0 Å². The third-order valence-electron chi connectivity index (χ3n) is 3.29. The van der Waals surface area contributed by atoms with Crippen molar-refractivity contribution in [3.8, 4) is 11.3 Å². The van der Waals surface area contributed by atoms with Gasteiger partial charge in [0.05, 0.1) is 10.6 Å². The number of ether oxygens (including phenoxy) is 1. The zero-order valence-electron chi connectivity index (χ0n) is 11.1. The zero-order chi connectivity index (χ0) is 14.2. The normalized spacial score (nSPS) is 19.4. The summed E-state index contributed by atoms with van der Waals surface area (Å²) in [5, 5.41) is 2.93. The fourth-order valence-electron chi connectivity index (χ4n) is 2.23. The summed E-state index contributed by atoms with van der Waals surface area (Å²) >= 11 is 1.57. The van der Waals surface area contributed by atoms with Crippen molar-refractivity contribution in [3.63, 3.8) is 0 Å². The molecule has 0 aliphatic carbocycles. The smallest absolute Gasteiger partial charge is 0.175 e. The monoisotopic (exact) mass is 309 g/mol. The molecule has 0 amide bonds. The van der Waals surface area contributed by atoms with Crippen molar-refractivity contribution < 1.29 is 13.2 Å². The lowest BCUT2D eigenvalue weighted by molar-refractivity contribution is 0.112. The average molecular weight is 309 g/mol. The first-order chi connectivity index (χ1) is 9.54. The van der Waals surface area contributed by atoms with Gasteiger partial charge in [-0.25, -0.2) is 13.4 Å². The molecular formula is C14H15NO3S2. The van der Waals surface area contributed by atoms with Crippen molar-refractivity contribution in [1.82, 2.24) is 4.98 Å². The van der Waals surface area contributed by atoms with Crippen LogP contribution in [0, 0.1) is 0 Å². The maximum atomic E-state index is 11.6. The number of rotatable bonds is 3. The van der Waals surface area contributed by atoms with E-state index in [1.54, 1.807) is 29.5 Å². The molecule has 0 N–H and O–H groups in total. The molecule has 1 saturated heterocycles. The Balaban J connectivity index is 1.93. The van der Waals surface area contributed by atoms with Crippen LogP contribution >= 0.6 is 11.3 Å². The van der Waals surface area contributed by atoms with Gasteiger partial charge in [0.15, 0.2) is 9.84 Å². The van der Waals surface area contributed by atoms with E-state index in [9.17, 15) is 8.42 Å². The fraction of sp³-hybridized carbons (Fsp3) is 0.357. The van der Waals surface area contributed by atoms with E-state index < -0.39 is 9.84 Å². The number of benzene rings is 1. The van der Waals surface area contributed by atoms with Crippen LogP contribution < -0.4 is 0 Å². The van der Waals surface area contributed by atoms with Gasteiger partial charge >= 0.3 is 0 Å². The van der Waals surface area contributed by atoms with E-state index in [2.05, 4.69) is 4.98 Å². The minimum atomic E-state index is -3.19. The van der Waals surface area contributed by atoms with Gasteiger partial charge < -0.3 is 4.74 Å². The molecule has 1 aliphatic heterocycles. The Morgan fingerprint density at radius 1 is 1.40 bits per heavy atom. The molecule has 1 atom stereocenters. The second kappa shape index (κ2) is 5.27. The van der Waals surface area contributed by atoms with Crippen molar-refractivity contribution in [2.75, 3.05) is 12.9 Å². The van der Waals surface area contributed by atoms with Gasteiger partial charge in [-0.15, -0.1) is 11.3 Å². The van der Waals surface area contributed by atoms with Crippen molar-refractivity contribution >= 4 is 21.2 Å². The van der Waals surface area contributed by atoms with Gasteiger partial charge in [-0.1, -0.05) is 12.1 Å². The molecule has 6 heteroatoms. The Bertz CT molecular complexity index is 716. The maximum absolute atomic E-state index is 11.6. The van der Waals surface area contributed by atoms with Crippen molar-refractivity contribution in [2.24, 2.45) is 0 Å². The molecule has 1 unspecified atom stereocenters. The van der Waals surface area contributed by atoms with E-state index in [4.69, 9.17) is 4.74 Å². The van der Waals surface area contributed by atoms with Gasteiger partial charge in [-0.05, 0) is 25.0 Å². The second-order valence-electron chi connectivity index (χ2n) is 4.87. The number of sulfone groups is 1. The highest BCUT2D eigenvalue weighted by molar-refractivity contribution is 7.90. The topological polar surface area (TPSA) is 56.3 Å². The largest absolute Gasteiger partial charge is 0.371 e. The van der Waals surface area contributed by atoms with Crippen LogP contribution in [-0.4, -0.2) is 26.3 Å². The number of nitrogens with zero attached hydrogens (tertiary/aromatic N) is 1. The van der Waals surface area contributed by atoms with Crippen LogP contribution in [0.3, 0.4) is 0 Å². The highest BCUT2D eigenvalue weighted by Crippen LogP contribution is 2.33. The van der Waals surface area contributed by atoms with Gasteiger partial charge in [0.2, 0.25) is 0 Å². The molecule has 0 saturated carbocycles. The number of aromatic nitrogens is 1. The van der Waals surface area contributed by atoms with E-state index in [-0.39, 0.29) is 6.10 Å². The molecule has 1 aromatic heterocycles. The Hall–Kier alpha value is -1.24. The van der Waals surface area contributed by atoms with E-state index in [1.807, 2.05) is 11.4 Å². The molecule has 106 valence electrons. The first kappa shape index (κ1) is 13.7. The third kappa shape index (κ3) is 2.77. The number of thiazole rings is 1. The molecule has 1 aliphatic rings. The molecule has 4 nitrogen and oxygen atoms in total. The number of hydrogen-bond donors (Lipinski definition) is 0. The van der Waals surface area contributed by atoms with Crippen molar-refractivity contribution in [1.29, 1.82) is 0 Å². The van der Waals surface area contributed by atoms with Crippen LogP contribution in [-0.2, 0) is 14.6 Å². The SMILES string of the molecule is CS(=O)(=O)c1cccc(-c2csc(C3CCCO3)n2)c1. The predicted molar refractivity (Wildman–Crippen MR) is 78.6 cm³/mol. The molecular weight excluding hydrogens is 294 g/mol. The summed E-state index contributed by atoms with van der Waals surface area (Å²) in [5.41, 5.74) is 1.64. The molecule has 1 fully saturated rings. The van der Waals surface area contributed by atoms with Crippen molar-refractivity contribution in [3.05, 3.63) is 34.7 Å². The minimum Gasteiger partial charge on any atom is -0.371 e. The highest BCUT2D eigenvalue weighted by Gasteiger charge is 2.21. The first-order valence-electron chi connectivity index (χ1n) is 6.41. The first-order valence-corrected chi connectivity index (χ1v) is 9.19. The van der Waals surface area contributed by atoms with E-state index in [1.165, 1.54) is 6.26 Å². The Kier molecular flexibility index (Phi) is 3.62. The Morgan fingerprint density at radius 3 is 2.95 bits per heavy atom. The quantitative estimate of drug-likeness (QED) is 0.874. The summed E-state index contributed by atoms with van der Waals surface area (Å²) in [7, 11) is -3.19. The second-order valence-corrected chi connectivity index (χ2v) is 7.78. The summed E-state index contributed by atoms with van der Waals surface area (Å²) in [4.78, 5) is 4.91. The summed E-state index contributed by atoms with van der Waals surface area (Å²) in [6.45, 7) is 0.795. The van der Waals surface area contributed by atoms with Gasteiger partial charge in [-0.3, -0.25) is 0 Å². The number of hydrogen-bond acceptors (Lipinski definition) is 5. The third-order valence-corrected chi connectivity index (χ3v) is 5.33. The molecule has 0 bridgehead atoms. The summed E-state index contributed by atoms with van der Waals surface area (Å²) in [6, 6.07) is 6.90. The summed E-state index contributed by atoms with van der Waals surface area (Å²) < 4.78 is 28.8. The lowest BCUT2D eigenvalue weighted by Gasteiger charge is -2.04. The lowest BCUT2D eigenvalue weighted by Crippen LogP contribution is -1.97. The average Bonchev–Trinajstić information content (AvgIpc) is 3.09. The molecule has 3 rings (SSSR count). The lowest BCUT2D eigenvalue weighted by atomic mass is 10.2. The Morgan fingerprint density at radius 2 is 2.25 bits per heavy atom. The fourth-order valence-corrected chi connectivity index (χ4v) is 3.80. The molecule has 20 heavy (non-hydrogen) atoms. The van der Waals surface area contributed by atoms with Crippen LogP contribution in [0.15, 0.2) is 34.5 Å². The molecule has 0 spiro atoms. The van der Waals surface area contributed by atoms with Gasteiger partial charge in [0, 0.05) is 23.8 Å². The van der Waals surface area contributed by atoms with Gasteiger partial charge in [0.1, 0.15) is 11.1 Å². The van der Waals surface area contributed by atoms with E-state index in [0.717, 1.165) is 35.7 Å². The summed E-state index contributed by atoms with van der Waals surface area (Å²) in [6.07, 6.45) is 3.40. The van der Waals surface area contributed by atoms with Crippen LogP contribution in [0.2, 0.25) is 0 Å². The minimum absolute atomic E-state index is 0.104. The molecule has 0 radical (unpaired) electrons. The predicted octanol–water partition coefficient (Wildman–Crippen LogP) is 3.07. The molecule has 2 aromatic rings. The van der Waals surface area contributed by atoms with Crippen LogP contribution in [0.25, 0.3) is 11.3 Å². The van der Waals surface area contributed by atoms with Gasteiger partial charge in [0.25, 0.3) is 0 Å². The van der Waals surface area contributed by atoms with Crippen LogP contribution in [0.4, 0.5) is 0 Å². The van der Waals surface area contributed by atoms with Gasteiger partial charge in [-0.2, -0.15) is 0 Å².